The fraction of sp³-hybridized carbons (Fsp3) is 0.167. The van der Waals surface area contributed by atoms with Gasteiger partial charge in [0, 0.05) is 0 Å². The standard InChI is InChI=1S/C6H7ClN4S2/c1-3-5(7)4(13-11-3)2-9-10-6(8)12/h2H,1H3,(H3,8,10,12)/b9-2+. The second kappa shape index (κ2) is 4.50. The Balaban J connectivity index is 2.69. The van der Waals surface area contributed by atoms with E-state index in [0.29, 0.717) is 5.02 Å². The van der Waals surface area contributed by atoms with Crippen LogP contribution >= 0.6 is 35.4 Å². The molecule has 13 heavy (non-hydrogen) atoms. The first-order chi connectivity index (χ1) is 6.11. The van der Waals surface area contributed by atoms with Crippen molar-refractivity contribution in [3.05, 3.63) is 15.6 Å². The highest BCUT2D eigenvalue weighted by Gasteiger charge is 2.04. The van der Waals surface area contributed by atoms with Gasteiger partial charge in [-0.05, 0) is 30.7 Å². The van der Waals surface area contributed by atoms with E-state index in [1.165, 1.54) is 17.7 Å². The summed E-state index contributed by atoms with van der Waals surface area (Å²) in [7, 11) is 0. The maximum atomic E-state index is 5.89. The van der Waals surface area contributed by atoms with Gasteiger partial charge in [-0.1, -0.05) is 11.6 Å². The van der Waals surface area contributed by atoms with E-state index in [0.717, 1.165) is 10.6 Å². The summed E-state index contributed by atoms with van der Waals surface area (Å²) in [5.41, 5.74) is 8.39. The van der Waals surface area contributed by atoms with Gasteiger partial charge >= 0.3 is 0 Å². The summed E-state index contributed by atoms with van der Waals surface area (Å²) in [6.45, 7) is 1.83. The van der Waals surface area contributed by atoms with Gasteiger partial charge in [-0.2, -0.15) is 9.47 Å². The monoisotopic (exact) mass is 234 g/mol. The number of hydrogen-bond donors (Lipinski definition) is 2. The first-order valence-corrected chi connectivity index (χ1v) is 4.87. The van der Waals surface area contributed by atoms with E-state index >= 15 is 0 Å². The van der Waals surface area contributed by atoms with Gasteiger partial charge in [-0.15, -0.1) is 0 Å². The number of halogens is 1. The Hall–Kier alpha value is -0.720. The van der Waals surface area contributed by atoms with Crippen molar-refractivity contribution in [3.8, 4) is 0 Å². The molecule has 3 N–H and O–H groups in total. The van der Waals surface area contributed by atoms with Gasteiger partial charge < -0.3 is 5.73 Å². The molecule has 0 unspecified atom stereocenters. The molecule has 4 nitrogen and oxygen atoms in total. The third-order valence-electron chi connectivity index (χ3n) is 1.17. The largest absolute Gasteiger partial charge is 0.375 e. The average molecular weight is 235 g/mol. The molecular formula is C6H7ClN4S2. The number of nitrogens with two attached hydrogens (primary N) is 1. The lowest BCUT2D eigenvalue weighted by molar-refractivity contribution is 1.04. The summed E-state index contributed by atoms with van der Waals surface area (Å²) < 4.78 is 4.04. The van der Waals surface area contributed by atoms with Crippen LogP contribution in [-0.2, 0) is 0 Å². The Bertz CT molecular complexity index is 346. The van der Waals surface area contributed by atoms with Crippen LogP contribution in [0.1, 0.15) is 10.6 Å². The van der Waals surface area contributed by atoms with Crippen molar-refractivity contribution in [3.63, 3.8) is 0 Å². The van der Waals surface area contributed by atoms with Crippen molar-refractivity contribution in [2.75, 3.05) is 0 Å². The Morgan fingerprint density at radius 3 is 3.00 bits per heavy atom. The minimum absolute atomic E-state index is 0.119. The molecule has 1 rings (SSSR count). The number of hydrazone groups is 1. The maximum Gasteiger partial charge on any atom is 0.184 e. The van der Waals surface area contributed by atoms with Crippen LogP contribution in [0.2, 0.25) is 5.02 Å². The van der Waals surface area contributed by atoms with Crippen molar-refractivity contribution < 1.29 is 0 Å². The lowest BCUT2D eigenvalue weighted by atomic mass is 10.4. The summed E-state index contributed by atoms with van der Waals surface area (Å²) in [6.07, 6.45) is 1.53. The van der Waals surface area contributed by atoms with Crippen molar-refractivity contribution in [2.45, 2.75) is 6.92 Å². The number of aryl methyl sites for hydroxylation is 1. The van der Waals surface area contributed by atoms with Crippen LogP contribution in [0.25, 0.3) is 0 Å². The van der Waals surface area contributed by atoms with Crippen molar-refractivity contribution in [1.29, 1.82) is 0 Å². The van der Waals surface area contributed by atoms with Crippen LogP contribution in [0.5, 0.6) is 0 Å². The van der Waals surface area contributed by atoms with E-state index < -0.39 is 0 Å². The van der Waals surface area contributed by atoms with E-state index in [4.69, 9.17) is 17.3 Å². The minimum Gasteiger partial charge on any atom is -0.375 e. The second-order valence-electron chi connectivity index (χ2n) is 2.18. The van der Waals surface area contributed by atoms with Crippen LogP contribution in [0, 0.1) is 6.92 Å². The molecule has 0 radical (unpaired) electrons. The number of thiocarbonyl (C=S) groups is 1. The van der Waals surface area contributed by atoms with Crippen molar-refractivity contribution in [1.82, 2.24) is 9.80 Å². The smallest absolute Gasteiger partial charge is 0.184 e. The van der Waals surface area contributed by atoms with Gasteiger partial charge in [0.1, 0.15) is 0 Å². The quantitative estimate of drug-likeness (QED) is 0.460. The van der Waals surface area contributed by atoms with Gasteiger partial charge in [0.15, 0.2) is 5.11 Å². The summed E-state index contributed by atoms with van der Waals surface area (Å²) in [5, 5.41) is 4.49. The third kappa shape index (κ3) is 2.91. The van der Waals surface area contributed by atoms with Crippen LogP contribution in [0.15, 0.2) is 5.10 Å². The van der Waals surface area contributed by atoms with Crippen molar-refractivity contribution >= 4 is 46.7 Å². The summed E-state index contributed by atoms with van der Waals surface area (Å²) in [6, 6.07) is 0. The predicted octanol–water partition coefficient (Wildman–Crippen LogP) is 1.27. The number of rotatable bonds is 2. The zero-order valence-corrected chi connectivity index (χ0v) is 9.13. The molecule has 0 aliphatic carbocycles. The SMILES string of the molecule is Cc1nsc(/C=N/NC(N)=S)c1Cl. The highest BCUT2D eigenvalue weighted by molar-refractivity contribution is 7.80. The van der Waals surface area contributed by atoms with E-state index in [1.54, 1.807) is 0 Å². The van der Waals surface area contributed by atoms with Crippen LogP contribution < -0.4 is 11.2 Å². The highest BCUT2D eigenvalue weighted by Crippen LogP contribution is 2.21. The third-order valence-corrected chi connectivity index (χ3v) is 2.72. The minimum atomic E-state index is 0.119. The van der Waals surface area contributed by atoms with Crippen molar-refractivity contribution in [2.24, 2.45) is 10.8 Å². The van der Waals surface area contributed by atoms with Crippen LogP contribution in [0.4, 0.5) is 0 Å². The molecule has 0 saturated carbocycles. The van der Waals surface area contributed by atoms with E-state index in [9.17, 15) is 0 Å². The van der Waals surface area contributed by atoms with Crippen LogP contribution in [0.3, 0.4) is 0 Å². The van der Waals surface area contributed by atoms with Gasteiger partial charge in [0.2, 0.25) is 0 Å². The normalized spacial score (nSPS) is 10.6. The molecule has 1 aromatic heterocycles. The maximum absolute atomic E-state index is 5.89. The molecule has 70 valence electrons. The molecule has 0 aromatic carbocycles. The molecule has 0 aliphatic heterocycles. The molecule has 0 atom stereocenters. The average Bonchev–Trinajstić information content (AvgIpc) is 2.35. The number of aromatic nitrogens is 1. The van der Waals surface area contributed by atoms with Gasteiger partial charge in [-0.3, -0.25) is 5.43 Å². The molecule has 1 heterocycles. The topological polar surface area (TPSA) is 63.3 Å². The molecule has 0 amide bonds. The fourth-order valence-electron chi connectivity index (χ4n) is 0.611. The zero-order chi connectivity index (χ0) is 9.84. The number of hydrogen-bond acceptors (Lipinski definition) is 4. The summed E-state index contributed by atoms with van der Waals surface area (Å²) in [4.78, 5) is 0.780. The van der Waals surface area contributed by atoms with E-state index in [1.807, 2.05) is 6.92 Å². The lowest BCUT2D eigenvalue weighted by Gasteiger charge is -1.92. The number of nitrogens with one attached hydrogen (secondary N) is 1. The molecule has 0 bridgehead atoms. The Labute approximate surface area is 89.9 Å². The molecule has 0 saturated heterocycles. The summed E-state index contributed by atoms with van der Waals surface area (Å²) >= 11 is 11.7. The number of nitrogens with zero attached hydrogens (tertiary/aromatic N) is 2. The molecular weight excluding hydrogens is 228 g/mol. The van der Waals surface area contributed by atoms with Gasteiger partial charge in [0.25, 0.3) is 0 Å². The van der Waals surface area contributed by atoms with Crippen LogP contribution in [-0.4, -0.2) is 15.7 Å². The molecule has 7 heteroatoms. The molecule has 0 fully saturated rings. The predicted molar refractivity (Wildman–Crippen MR) is 59.4 cm³/mol. The fourth-order valence-corrected chi connectivity index (χ4v) is 1.56. The van der Waals surface area contributed by atoms with E-state index in [2.05, 4.69) is 27.1 Å². The highest BCUT2D eigenvalue weighted by atomic mass is 35.5. The first kappa shape index (κ1) is 10.4. The molecule has 0 aliphatic rings. The Kier molecular flexibility index (Phi) is 3.58. The van der Waals surface area contributed by atoms with E-state index in [-0.39, 0.29) is 5.11 Å². The zero-order valence-electron chi connectivity index (χ0n) is 6.74. The van der Waals surface area contributed by atoms with Gasteiger partial charge in [0.05, 0.1) is 21.8 Å². The Morgan fingerprint density at radius 1 is 1.85 bits per heavy atom. The van der Waals surface area contributed by atoms with Gasteiger partial charge in [-0.25, -0.2) is 0 Å². The molecule has 0 spiro atoms. The molecule has 1 aromatic rings. The first-order valence-electron chi connectivity index (χ1n) is 3.31. The Morgan fingerprint density at radius 2 is 2.54 bits per heavy atom. The summed E-state index contributed by atoms with van der Waals surface area (Å²) in [5.74, 6) is 0. The second-order valence-corrected chi connectivity index (χ2v) is 3.80. The lowest BCUT2D eigenvalue weighted by Crippen LogP contribution is -2.23.